The van der Waals surface area contributed by atoms with Crippen LogP contribution < -0.4 is 4.31 Å². The van der Waals surface area contributed by atoms with E-state index in [0.717, 1.165) is 26.8 Å². The quantitative estimate of drug-likeness (QED) is 0.541. The summed E-state index contributed by atoms with van der Waals surface area (Å²) in [5.74, 6) is 0. The molecule has 0 atom stereocenters. The molecule has 1 aromatic carbocycles. The van der Waals surface area contributed by atoms with Crippen LogP contribution >= 0.6 is 23.3 Å². The lowest BCUT2D eigenvalue weighted by molar-refractivity contribution is 1.23. The molecule has 114 valence electrons. The zero-order chi connectivity index (χ0) is 15.6. The molecule has 0 saturated carbocycles. The van der Waals surface area contributed by atoms with E-state index in [2.05, 4.69) is 56.6 Å². The maximum Gasteiger partial charge on any atom is 0.139 e. The summed E-state index contributed by atoms with van der Waals surface area (Å²) in [4.78, 5) is 13.2. The first-order chi connectivity index (χ1) is 11.3. The molecule has 0 saturated heterocycles. The van der Waals surface area contributed by atoms with Gasteiger partial charge in [-0.3, -0.25) is 4.98 Å². The number of fused-ring (bicyclic) bond motifs is 1. The molecule has 6 heteroatoms. The van der Waals surface area contributed by atoms with Crippen molar-refractivity contribution in [3.05, 3.63) is 60.4 Å². The van der Waals surface area contributed by atoms with Crippen molar-refractivity contribution >= 4 is 39.9 Å². The van der Waals surface area contributed by atoms with Crippen molar-refractivity contribution in [3.8, 4) is 10.7 Å². The average Bonchev–Trinajstić information content (AvgIpc) is 3.24. The minimum atomic E-state index is 1.01. The zero-order valence-corrected chi connectivity index (χ0v) is 14.1. The number of para-hydroxylation sites is 1. The fourth-order valence-corrected chi connectivity index (χ4v) is 3.91. The van der Waals surface area contributed by atoms with E-state index in [-0.39, 0.29) is 0 Å². The highest BCUT2D eigenvalue weighted by molar-refractivity contribution is 8.00. The number of pyridine rings is 1. The lowest BCUT2D eigenvalue weighted by atomic mass is 10.2. The number of aromatic nitrogens is 3. The molecule has 0 aliphatic heterocycles. The normalized spacial score (nSPS) is 11.0. The van der Waals surface area contributed by atoms with Gasteiger partial charge in [0.2, 0.25) is 0 Å². The molecule has 0 bridgehead atoms. The molecular formula is C17H14N4S2. The van der Waals surface area contributed by atoms with Gasteiger partial charge in [0.25, 0.3) is 0 Å². The average molecular weight is 338 g/mol. The lowest BCUT2D eigenvalue weighted by Crippen LogP contribution is -2.06. The van der Waals surface area contributed by atoms with Crippen molar-refractivity contribution in [2.75, 3.05) is 11.4 Å². The van der Waals surface area contributed by atoms with Gasteiger partial charge >= 0.3 is 0 Å². The highest BCUT2D eigenvalue weighted by Crippen LogP contribution is 2.34. The summed E-state index contributed by atoms with van der Waals surface area (Å²) >= 11 is 3.29. The van der Waals surface area contributed by atoms with E-state index in [1.807, 2.05) is 23.8 Å². The van der Waals surface area contributed by atoms with E-state index in [1.165, 1.54) is 5.39 Å². The number of nitrogens with one attached hydrogen (secondary N) is 1. The van der Waals surface area contributed by atoms with Gasteiger partial charge in [0.15, 0.2) is 0 Å². The number of aromatic amines is 1. The van der Waals surface area contributed by atoms with E-state index in [9.17, 15) is 0 Å². The van der Waals surface area contributed by atoms with E-state index in [1.54, 1.807) is 29.5 Å². The molecule has 0 amide bonds. The molecule has 0 spiro atoms. The Morgan fingerprint density at radius 2 is 2.13 bits per heavy atom. The number of nitrogens with zero attached hydrogens (tertiary/aromatic N) is 3. The van der Waals surface area contributed by atoms with Crippen molar-refractivity contribution in [2.45, 2.75) is 4.90 Å². The van der Waals surface area contributed by atoms with Crippen LogP contribution in [0.5, 0.6) is 0 Å². The van der Waals surface area contributed by atoms with Crippen molar-refractivity contribution in [2.24, 2.45) is 0 Å². The molecule has 4 nitrogen and oxygen atoms in total. The topological polar surface area (TPSA) is 44.8 Å². The van der Waals surface area contributed by atoms with Gasteiger partial charge in [-0.2, -0.15) is 0 Å². The monoisotopic (exact) mass is 338 g/mol. The third-order valence-electron chi connectivity index (χ3n) is 3.51. The van der Waals surface area contributed by atoms with Gasteiger partial charge in [-0.1, -0.05) is 12.1 Å². The van der Waals surface area contributed by atoms with Gasteiger partial charge in [0, 0.05) is 41.3 Å². The third kappa shape index (κ3) is 2.83. The highest BCUT2D eigenvalue weighted by Gasteiger charge is 2.12. The van der Waals surface area contributed by atoms with Crippen LogP contribution in [0.25, 0.3) is 21.6 Å². The Balaban J connectivity index is 1.72. The first-order valence-corrected chi connectivity index (χ1v) is 8.80. The van der Waals surface area contributed by atoms with E-state index in [4.69, 9.17) is 0 Å². The second-order valence-electron chi connectivity index (χ2n) is 5.04. The Kier molecular flexibility index (Phi) is 3.77. The molecule has 23 heavy (non-hydrogen) atoms. The molecule has 1 N–H and O–H groups in total. The summed E-state index contributed by atoms with van der Waals surface area (Å²) in [5, 5.41) is 4.19. The van der Waals surface area contributed by atoms with Gasteiger partial charge in [-0.05, 0) is 36.2 Å². The summed E-state index contributed by atoms with van der Waals surface area (Å²) in [6.45, 7) is 0. The number of hydrogen-bond donors (Lipinski definition) is 1. The number of H-pyrrole nitrogens is 1. The maximum atomic E-state index is 4.38. The summed E-state index contributed by atoms with van der Waals surface area (Å²) in [6.07, 6.45) is 5.49. The van der Waals surface area contributed by atoms with Crippen molar-refractivity contribution in [1.82, 2.24) is 15.0 Å². The van der Waals surface area contributed by atoms with Crippen molar-refractivity contribution in [1.29, 1.82) is 0 Å². The standard InChI is InChI=1S/C17H14N4S2/c1-21(23-13-5-3-7-18-11-13)15-6-2-4-12-10-14(20-16(12)15)17-19-8-9-22-17/h2-11,20H,1H3. The summed E-state index contributed by atoms with van der Waals surface area (Å²) in [5.41, 5.74) is 3.32. The van der Waals surface area contributed by atoms with Crippen LogP contribution in [0.15, 0.2) is 65.3 Å². The molecule has 0 unspecified atom stereocenters. The fourth-order valence-electron chi connectivity index (χ4n) is 2.48. The number of rotatable bonds is 4. The molecule has 0 radical (unpaired) electrons. The summed E-state index contributed by atoms with van der Waals surface area (Å²) in [7, 11) is 2.07. The van der Waals surface area contributed by atoms with Crippen LogP contribution in [0.3, 0.4) is 0 Å². The summed E-state index contributed by atoms with van der Waals surface area (Å²) in [6, 6.07) is 12.5. The highest BCUT2D eigenvalue weighted by atomic mass is 32.2. The molecular weight excluding hydrogens is 324 g/mol. The first-order valence-electron chi connectivity index (χ1n) is 7.14. The zero-order valence-electron chi connectivity index (χ0n) is 12.4. The van der Waals surface area contributed by atoms with Crippen LogP contribution in [0, 0.1) is 0 Å². The SMILES string of the molecule is CN(Sc1cccnc1)c1cccc2cc(-c3nccs3)[nH]c12. The Labute approximate surface area is 142 Å². The first kappa shape index (κ1) is 14.3. The minimum Gasteiger partial charge on any atom is -0.351 e. The Morgan fingerprint density at radius 1 is 1.17 bits per heavy atom. The molecule has 0 fully saturated rings. The number of benzene rings is 1. The molecule has 3 aromatic heterocycles. The number of anilines is 1. The predicted molar refractivity (Wildman–Crippen MR) is 97.9 cm³/mol. The number of thiazole rings is 1. The Morgan fingerprint density at radius 3 is 2.91 bits per heavy atom. The van der Waals surface area contributed by atoms with E-state index < -0.39 is 0 Å². The largest absolute Gasteiger partial charge is 0.351 e. The van der Waals surface area contributed by atoms with Crippen LogP contribution in [0.4, 0.5) is 5.69 Å². The number of hydrogen-bond acceptors (Lipinski definition) is 5. The van der Waals surface area contributed by atoms with Crippen LogP contribution in [0.2, 0.25) is 0 Å². The molecule has 4 aromatic rings. The van der Waals surface area contributed by atoms with Crippen molar-refractivity contribution in [3.63, 3.8) is 0 Å². The minimum absolute atomic E-state index is 1.01. The van der Waals surface area contributed by atoms with Gasteiger partial charge in [0.1, 0.15) is 5.01 Å². The second kappa shape index (κ2) is 6.06. The fraction of sp³-hybridized carbons (Fsp3) is 0.0588. The van der Waals surface area contributed by atoms with Crippen LogP contribution in [0.1, 0.15) is 0 Å². The Hall–Kier alpha value is -2.31. The third-order valence-corrected chi connectivity index (χ3v) is 5.24. The predicted octanol–water partition coefficient (Wildman–Crippen LogP) is 4.83. The van der Waals surface area contributed by atoms with Gasteiger partial charge < -0.3 is 9.29 Å². The molecule has 0 aliphatic rings. The van der Waals surface area contributed by atoms with E-state index in [0.29, 0.717) is 0 Å². The lowest BCUT2D eigenvalue weighted by Gasteiger charge is -2.18. The smallest absolute Gasteiger partial charge is 0.139 e. The van der Waals surface area contributed by atoms with Crippen LogP contribution in [-0.4, -0.2) is 22.0 Å². The Bertz CT molecular complexity index is 916. The molecule has 4 rings (SSSR count). The molecule has 0 aliphatic carbocycles. The molecule has 3 heterocycles. The summed E-state index contributed by atoms with van der Waals surface area (Å²) < 4.78 is 2.15. The second-order valence-corrected chi connectivity index (χ2v) is 7.14. The van der Waals surface area contributed by atoms with Gasteiger partial charge in [-0.15, -0.1) is 11.3 Å². The van der Waals surface area contributed by atoms with E-state index >= 15 is 0 Å². The van der Waals surface area contributed by atoms with Gasteiger partial charge in [-0.25, -0.2) is 4.98 Å². The van der Waals surface area contributed by atoms with Gasteiger partial charge in [0.05, 0.1) is 16.9 Å². The van der Waals surface area contributed by atoms with Crippen molar-refractivity contribution < 1.29 is 0 Å². The maximum absolute atomic E-state index is 4.38. The van der Waals surface area contributed by atoms with Crippen LogP contribution in [-0.2, 0) is 0 Å².